The van der Waals surface area contributed by atoms with Crippen molar-refractivity contribution in [2.45, 2.75) is 6.61 Å². The first kappa shape index (κ1) is 13.5. The average Bonchev–Trinajstić information content (AvgIpc) is 2.82. The Labute approximate surface area is 121 Å². The van der Waals surface area contributed by atoms with Crippen molar-refractivity contribution in [2.75, 3.05) is 5.73 Å². The van der Waals surface area contributed by atoms with Gasteiger partial charge < -0.3 is 14.9 Å². The van der Waals surface area contributed by atoms with Crippen LogP contribution in [0.5, 0.6) is 5.88 Å². The molecule has 0 amide bonds. The molecule has 0 aliphatic heterocycles. The van der Waals surface area contributed by atoms with E-state index in [-0.39, 0.29) is 11.9 Å². The van der Waals surface area contributed by atoms with Gasteiger partial charge in [0.1, 0.15) is 5.52 Å². The third-order valence-electron chi connectivity index (χ3n) is 2.62. The summed E-state index contributed by atoms with van der Waals surface area (Å²) in [6.07, 6.45) is 2.36. The number of ether oxygens (including phenoxy) is 1. The zero-order valence-electron chi connectivity index (χ0n) is 10.3. The quantitative estimate of drug-likeness (QED) is 0.799. The molecule has 3 rings (SSSR count). The first-order valence-electron chi connectivity index (χ1n) is 5.66. The van der Waals surface area contributed by atoms with Gasteiger partial charge in [-0.1, -0.05) is 11.6 Å². The first-order valence-corrected chi connectivity index (χ1v) is 6.04. The highest BCUT2D eigenvalue weighted by Crippen LogP contribution is 2.33. The number of nitrogen functional groups attached to an aromatic ring is 1. The van der Waals surface area contributed by atoms with Crippen LogP contribution in [0.1, 0.15) is 0 Å². The normalized spacial score (nSPS) is 11.2. The minimum atomic E-state index is -2.96. The van der Waals surface area contributed by atoms with E-state index in [1.54, 1.807) is 12.1 Å². The summed E-state index contributed by atoms with van der Waals surface area (Å²) in [5.74, 6) is -0.281. The van der Waals surface area contributed by atoms with Gasteiger partial charge in [0, 0.05) is 5.56 Å². The summed E-state index contributed by atoms with van der Waals surface area (Å²) in [5.41, 5.74) is 7.16. The van der Waals surface area contributed by atoms with Gasteiger partial charge in [0.05, 0.1) is 23.1 Å². The zero-order chi connectivity index (χ0) is 15.0. The second-order valence-electron chi connectivity index (χ2n) is 3.94. The van der Waals surface area contributed by atoms with E-state index in [4.69, 9.17) is 21.8 Å². The third-order valence-corrected chi connectivity index (χ3v) is 2.93. The monoisotopic (exact) mass is 312 g/mol. The topological polar surface area (TPSA) is 87.1 Å². The molecule has 0 saturated carbocycles. The van der Waals surface area contributed by atoms with Crippen molar-refractivity contribution in [1.82, 2.24) is 15.0 Å². The van der Waals surface area contributed by atoms with Crippen LogP contribution in [0.4, 0.5) is 14.8 Å². The SMILES string of the molecule is Nc1nc2c(Cl)ccc(-c3cnc(OC(F)F)cn3)c2o1. The Balaban J connectivity index is 2.06. The predicted molar refractivity (Wildman–Crippen MR) is 71.1 cm³/mol. The molecule has 0 unspecified atom stereocenters. The number of nitrogens with zero attached hydrogens (tertiary/aromatic N) is 3. The maximum absolute atomic E-state index is 12.1. The summed E-state index contributed by atoms with van der Waals surface area (Å²) in [7, 11) is 0. The standard InChI is InChI=1S/C12H7ClF2N4O2/c13-6-2-1-5(10-9(6)19-12(16)21-10)7-3-18-8(4-17-7)20-11(14)15/h1-4,11H,(H2,16,19). The zero-order valence-corrected chi connectivity index (χ0v) is 11.0. The summed E-state index contributed by atoms with van der Waals surface area (Å²) < 4.78 is 33.5. The van der Waals surface area contributed by atoms with Crippen LogP contribution in [0.3, 0.4) is 0 Å². The molecule has 9 heteroatoms. The van der Waals surface area contributed by atoms with E-state index in [0.29, 0.717) is 27.4 Å². The number of halogens is 3. The summed E-state index contributed by atoms with van der Waals surface area (Å²) in [6.45, 7) is -2.96. The highest BCUT2D eigenvalue weighted by atomic mass is 35.5. The van der Waals surface area contributed by atoms with Gasteiger partial charge in [0.15, 0.2) is 5.58 Å². The van der Waals surface area contributed by atoms with Crippen LogP contribution in [0.25, 0.3) is 22.4 Å². The van der Waals surface area contributed by atoms with Gasteiger partial charge in [-0.25, -0.2) is 9.97 Å². The van der Waals surface area contributed by atoms with E-state index < -0.39 is 6.61 Å². The van der Waals surface area contributed by atoms with Crippen molar-refractivity contribution in [3.8, 4) is 17.1 Å². The molecular formula is C12H7ClF2N4O2. The molecule has 3 aromatic rings. The fraction of sp³-hybridized carbons (Fsp3) is 0.0833. The van der Waals surface area contributed by atoms with Crippen molar-refractivity contribution in [1.29, 1.82) is 0 Å². The molecular weight excluding hydrogens is 306 g/mol. The third kappa shape index (κ3) is 2.57. The first-order chi connectivity index (χ1) is 10.0. The highest BCUT2D eigenvalue weighted by Gasteiger charge is 2.15. The number of anilines is 1. The van der Waals surface area contributed by atoms with Crippen molar-refractivity contribution in [2.24, 2.45) is 0 Å². The molecule has 0 saturated heterocycles. The fourth-order valence-electron chi connectivity index (χ4n) is 1.80. The van der Waals surface area contributed by atoms with E-state index in [0.717, 1.165) is 6.20 Å². The van der Waals surface area contributed by atoms with E-state index in [1.807, 2.05) is 0 Å². The van der Waals surface area contributed by atoms with E-state index in [2.05, 4.69) is 19.7 Å². The summed E-state index contributed by atoms with van der Waals surface area (Å²) in [6, 6.07) is 3.21. The minimum Gasteiger partial charge on any atom is -0.423 e. The van der Waals surface area contributed by atoms with Crippen LogP contribution >= 0.6 is 11.6 Å². The van der Waals surface area contributed by atoms with E-state index in [1.165, 1.54) is 6.20 Å². The molecule has 0 fully saturated rings. The van der Waals surface area contributed by atoms with Gasteiger partial charge in [0.25, 0.3) is 6.01 Å². The second kappa shape index (κ2) is 5.13. The molecule has 108 valence electrons. The van der Waals surface area contributed by atoms with Gasteiger partial charge in [-0.3, -0.25) is 0 Å². The molecule has 0 bridgehead atoms. The molecule has 1 aromatic carbocycles. The molecule has 0 radical (unpaired) electrons. The predicted octanol–water partition coefficient (Wildman–Crippen LogP) is 3.12. The molecule has 2 N–H and O–H groups in total. The number of fused-ring (bicyclic) bond motifs is 1. The van der Waals surface area contributed by atoms with E-state index >= 15 is 0 Å². The molecule has 2 heterocycles. The fourth-order valence-corrected chi connectivity index (χ4v) is 1.99. The smallest absolute Gasteiger partial charge is 0.388 e. The van der Waals surface area contributed by atoms with E-state index in [9.17, 15) is 8.78 Å². The lowest BCUT2D eigenvalue weighted by molar-refractivity contribution is -0.0530. The summed E-state index contributed by atoms with van der Waals surface area (Å²) in [5, 5.41) is 0.375. The Morgan fingerprint density at radius 1 is 1.24 bits per heavy atom. The molecule has 2 aromatic heterocycles. The Bertz CT molecular complexity index is 792. The number of oxazole rings is 1. The van der Waals surface area contributed by atoms with Crippen molar-refractivity contribution in [3.05, 3.63) is 29.5 Å². The van der Waals surface area contributed by atoms with Gasteiger partial charge in [-0.2, -0.15) is 13.8 Å². The lowest BCUT2D eigenvalue weighted by Gasteiger charge is -2.04. The second-order valence-corrected chi connectivity index (χ2v) is 4.35. The number of nitrogens with two attached hydrogens (primary N) is 1. The number of benzene rings is 1. The molecule has 0 spiro atoms. The van der Waals surface area contributed by atoms with Gasteiger partial charge >= 0.3 is 6.61 Å². The van der Waals surface area contributed by atoms with Gasteiger partial charge in [-0.15, -0.1) is 0 Å². The number of alkyl halides is 2. The van der Waals surface area contributed by atoms with Crippen molar-refractivity contribution >= 4 is 28.7 Å². The number of rotatable bonds is 3. The number of hydrogen-bond acceptors (Lipinski definition) is 6. The van der Waals surface area contributed by atoms with Crippen molar-refractivity contribution < 1.29 is 17.9 Å². The molecule has 21 heavy (non-hydrogen) atoms. The average molecular weight is 313 g/mol. The molecule has 6 nitrogen and oxygen atoms in total. The Morgan fingerprint density at radius 3 is 2.71 bits per heavy atom. The highest BCUT2D eigenvalue weighted by molar-refractivity contribution is 6.35. The molecule has 0 atom stereocenters. The van der Waals surface area contributed by atoms with Crippen molar-refractivity contribution in [3.63, 3.8) is 0 Å². The van der Waals surface area contributed by atoms with Gasteiger partial charge in [0.2, 0.25) is 5.88 Å². The van der Waals surface area contributed by atoms with Crippen LogP contribution in [-0.2, 0) is 0 Å². The van der Waals surface area contributed by atoms with Crippen LogP contribution < -0.4 is 10.5 Å². The molecule has 0 aliphatic carbocycles. The Morgan fingerprint density at radius 2 is 2.05 bits per heavy atom. The molecule has 0 aliphatic rings. The summed E-state index contributed by atoms with van der Waals surface area (Å²) >= 11 is 5.99. The maximum atomic E-state index is 12.1. The summed E-state index contributed by atoms with van der Waals surface area (Å²) in [4.78, 5) is 11.7. The maximum Gasteiger partial charge on any atom is 0.388 e. The lowest BCUT2D eigenvalue weighted by atomic mass is 10.1. The van der Waals surface area contributed by atoms with Gasteiger partial charge in [-0.05, 0) is 12.1 Å². The Hall–Kier alpha value is -2.48. The van der Waals surface area contributed by atoms with Crippen LogP contribution in [-0.4, -0.2) is 21.6 Å². The van der Waals surface area contributed by atoms with Crippen LogP contribution in [0, 0.1) is 0 Å². The van der Waals surface area contributed by atoms with Crippen LogP contribution in [0.2, 0.25) is 5.02 Å². The van der Waals surface area contributed by atoms with Crippen LogP contribution in [0.15, 0.2) is 28.9 Å². The Kier molecular flexibility index (Phi) is 3.30. The lowest BCUT2D eigenvalue weighted by Crippen LogP contribution is -2.03. The number of aromatic nitrogens is 3. The minimum absolute atomic E-state index is 0.0371. The number of hydrogen-bond donors (Lipinski definition) is 1. The largest absolute Gasteiger partial charge is 0.423 e.